The molecule has 0 amide bonds. The Labute approximate surface area is 136 Å². The summed E-state index contributed by atoms with van der Waals surface area (Å²) < 4.78 is 28.6. The Bertz CT molecular complexity index is 389. The standard InChI is InChI=1S/C14H29N3O2S.ClH/c1-3-15-12-14-6-10-17(11-7-14)20(18,19)16-8-4-13(2)5-9-16;/h13-15H,3-12H2,1-2H3;1H. The molecule has 0 aliphatic carbocycles. The minimum Gasteiger partial charge on any atom is -0.317 e. The summed E-state index contributed by atoms with van der Waals surface area (Å²) in [5.41, 5.74) is 0. The summed E-state index contributed by atoms with van der Waals surface area (Å²) in [6, 6.07) is 0. The Kier molecular flexibility index (Phi) is 7.92. The molecule has 0 saturated carbocycles. The molecule has 2 aliphatic rings. The van der Waals surface area contributed by atoms with Crippen molar-refractivity contribution in [3.05, 3.63) is 0 Å². The van der Waals surface area contributed by atoms with Gasteiger partial charge in [0.2, 0.25) is 0 Å². The van der Waals surface area contributed by atoms with Gasteiger partial charge in [-0.25, -0.2) is 0 Å². The quantitative estimate of drug-likeness (QED) is 0.829. The van der Waals surface area contributed by atoms with Crippen LogP contribution in [-0.4, -0.2) is 56.3 Å². The predicted molar refractivity (Wildman–Crippen MR) is 89.0 cm³/mol. The molecule has 0 atom stereocenters. The normalized spacial score (nSPS) is 23.9. The van der Waals surface area contributed by atoms with E-state index in [9.17, 15) is 8.42 Å². The minimum atomic E-state index is -3.21. The SMILES string of the molecule is CCNCC1CCN(S(=O)(=O)N2CCC(C)CC2)CC1.Cl. The van der Waals surface area contributed by atoms with Crippen LogP contribution in [0.3, 0.4) is 0 Å². The van der Waals surface area contributed by atoms with E-state index in [2.05, 4.69) is 19.2 Å². The first-order chi connectivity index (χ1) is 9.54. The summed E-state index contributed by atoms with van der Waals surface area (Å²) in [4.78, 5) is 0. The van der Waals surface area contributed by atoms with Crippen LogP contribution in [0.5, 0.6) is 0 Å². The second-order valence-corrected chi connectivity index (χ2v) is 8.17. The Morgan fingerprint density at radius 1 is 1.00 bits per heavy atom. The first kappa shape index (κ1) is 19.2. The summed E-state index contributed by atoms with van der Waals surface area (Å²) in [5, 5.41) is 3.36. The number of hydrogen-bond donors (Lipinski definition) is 1. The van der Waals surface area contributed by atoms with Crippen molar-refractivity contribution in [3.8, 4) is 0 Å². The highest BCUT2D eigenvalue weighted by atomic mass is 35.5. The third-order valence-corrected chi connectivity index (χ3v) is 6.69. The molecule has 2 aliphatic heterocycles. The smallest absolute Gasteiger partial charge is 0.281 e. The molecule has 0 aromatic carbocycles. The van der Waals surface area contributed by atoms with Gasteiger partial charge in [-0.3, -0.25) is 0 Å². The van der Waals surface area contributed by atoms with Gasteiger partial charge in [-0.15, -0.1) is 12.4 Å². The van der Waals surface area contributed by atoms with Crippen molar-refractivity contribution in [2.75, 3.05) is 39.3 Å². The van der Waals surface area contributed by atoms with E-state index in [1.165, 1.54) is 0 Å². The molecule has 0 bridgehead atoms. The molecule has 2 rings (SSSR count). The van der Waals surface area contributed by atoms with Crippen LogP contribution in [0.2, 0.25) is 0 Å². The van der Waals surface area contributed by atoms with Crippen molar-refractivity contribution in [3.63, 3.8) is 0 Å². The van der Waals surface area contributed by atoms with Crippen molar-refractivity contribution < 1.29 is 8.42 Å². The van der Waals surface area contributed by atoms with Gasteiger partial charge < -0.3 is 5.32 Å². The van der Waals surface area contributed by atoms with E-state index in [0.717, 1.165) is 38.8 Å². The van der Waals surface area contributed by atoms with Crippen LogP contribution in [0.25, 0.3) is 0 Å². The first-order valence-corrected chi connectivity index (χ1v) is 9.39. The summed E-state index contributed by atoms with van der Waals surface area (Å²) in [7, 11) is -3.21. The number of rotatable bonds is 5. The van der Waals surface area contributed by atoms with Crippen LogP contribution >= 0.6 is 12.4 Å². The van der Waals surface area contributed by atoms with E-state index in [1.807, 2.05) is 0 Å². The zero-order valence-electron chi connectivity index (χ0n) is 13.3. The minimum absolute atomic E-state index is 0. The molecular weight excluding hydrogens is 310 g/mol. The van der Waals surface area contributed by atoms with Gasteiger partial charge >= 0.3 is 0 Å². The fourth-order valence-corrected chi connectivity index (χ4v) is 4.74. The Hall–Kier alpha value is 0.120. The van der Waals surface area contributed by atoms with Crippen molar-refractivity contribution in [1.29, 1.82) is 0 Å². The van der Waals surface area contributed by atoms with Crippen LogP contribution in [-0.2, 0) is 10.2 Å². The van der Waals surface area contributed by atoms with E-state index in [-0.39, 0.29) is 12.4 Å². The molecule has 126 valence electrons. The number of nitrogens with one attached hydrogen (secondary N) is 1. The Morgan fingerprint density at radius 2 is 1.48 bits per heavy atom. The highest BCUT2D eigenvalue weighted by molar-refractivity contribution is 7.86. The predicted octanol–water partition coefficient (Wildman–Crippen LogP) is 1.71. The zero-order valence-corrected chi connectivity index (χ0v) is 14.9. The van der Waals surface area contributed by atoms with Crippen LogP contribution in [0.1, 0.15) is 39.5 Å². The largest absolute Gasteiger partial charge is 0.317 e. The van der Waals surface area contributed by atoms with Gasteiger partial charge in [-0.2, -0.15) is 17.0 Å². The van der Waals surface area contributed by atoms with E-state index in [4.69, 9.17) is 0 Å². The molecule has 5 nitrogen and oxygen atoms in total. The molecule has 0 unspecified atom stereocenters. The lowest BCUT2D eigenvalue weighted by molar-refractivity contribution is 0.229. The lowest BCUT2D eigenvalue weighted by Crippen LogP contribution is -2.50. The van der Waals surface area contributed by atoms with E-state index >= 15 is 0 Å². The fraction of sp³-hybridized carbons (Fsp3) is 1.00. The second-order valence-electron chi connectivity index (χ2n) is 6.24. The van der Waals surface area contributed by atoms with Gasteiger partial charge in [0.15, 0.2) is 0 Å². The van der Waals surface area contributed by atoms with Crippen molar-refractivity contribution in [2.45, 2.75) is 39.5 Å². The number of nitrogens with zero attached hydrogens (tertiary/aromatic N) is 2. The average molecular weight is 340 g/mol. The molecule has 0 spiro atoms. The number of halogens is 1. The molecule has 7 heteroatoms. The summed E-state index contributed by atoms with van der Waals surface area (Å²) in [6.07, 6.45) is 3.96. The third-order valence-electron chi connectivity index (χ3n) is 4.65. The molecule has 0 aromatic rings. The zero-order chi connectivity index (χ0) is 14.6. The monoisotopic (exact) mass is 339 g/mol. The highest BCUT2D eigenvalue weighted by Crippen LogP contribution is 2.24. The maximum absolute atomic E-state index is 12.6. The third kappa shape index (κ3) is 5.06. The van der Waals surface area contributed by atoms with Crippen molar-refractivity contribution in [2.24, 2.45) is 11.8 Å². The topological polar surface area (TPSA) is 52.7 Å². The lowest BCUT2D eigenvalue weighted by atomic mass is 9.98. The van der Waals surface area contributed by atoms with Crippen molar-refractivity contribution >= 4 is 22.6 Å². The van der Waals surface area contributed by atoms with Gasteiger partial charge in [0.05, 0.1) is 0 Å². The lowest BCUT2D eigenvalue weighted by Gasteiger charge is -2.37. The van der Waals surface area contributed by atoms with Crippen LogP contribution in [0, 0.1) is 11.8 Å². The molecular formula is C14H30ClN3O2S. The van der Waals surface area contributed by atoms with E-state index in [1.54, 1.807) is 8.61 Å². The fourth-order valence-electron chi connectivity index (χ4n) is 3.07. The summed E-state index contributed by atoms with van der Waals surface area (Å²) in [6.45, 7) is 9.08. The summed E-state index contributed by atoms with van der Waals surface area (Å²) in [5.74, 6) is 1.29. The highest BCUT2D eigenvalue weighted by Gasteiger charge is 2.34. The summed E-state index contributed by atoms with van der Waals surface area (Å²) >= 11 is 0. The van der Waals surface area contributed by atoms with Crippen LogP contribution in [0.15, 0.2) is 0 Å². The second kappa shape index (κ2) is 8.67. The first-order valence-electron chi connectivity index (χ1n) is 8.00. The molecule has 21 heavy (non-hydrogen) atoms. The molecule has 2 saturated heterocycles. The van der Waals surface area contributed by atoms with Gasteiger partial charge in [0.1, 0.15) is 0 Å². The molecule has 1 N–H and O–H groups in total. The molecule has 0 aromatic heterocycles. The molecule has 0 radical (unpaired) electrons. The van der Waals surface area contributed by atoms with Crippen LogP contribution < -0.4 is 5.32 Å². The molecule has 2 heterocycles. The number of piperidine rings is 2. The Morgan fingerprint density at radius 3 is 1.95 bits per heavy atom. The van der Waals surface area contributed by atoms with Gasteiger partial charge in [-0.05, 0) is 50.6 Å². The van der Waals surface area contributed by atoms with E-state index in [0.29, 0.717) is 38.0 Å². The Balaban J connectivity index is 0.00000220. The van der Waals surface area contributed by atoms with Gasteiger partial charge in [0.25, 0.3) is 10.2 Å². The maximum Gasteiger partial charge on any atom is 0.281 e. The van der Waals surface area contributed by atoms with Gasteiger partial charge in [-0.1, -0.05) is 13.8 Å². The average Bonchev–Trinajstić information content (AvgIpc) is 2.46. The maximum atomic E-state index is 12.6. The van der Waals surface area contributed by atoms with E-state index < -0.39 is 10.2 Å². The number of hydrogen-bond acceptors (Lipinski definition) is 3. The van der Waals surface area contributed by atoms with Crippen LogP contribution in [0.4, 0.5) is 0 Å². The van der Waals surface area contributed by atoms with Gasteiger partial charge in [0, 0.05) is 26.2 Å². The van der Waals surface area contributed by atoms with Crippen molar-refractivity contribution in [1.82, 2.24) is 13.9 Å². The molecule has 2 fully saturated rings.